The predicted octanol–water partition coefficient (Wildman–Crippen LogP) is 6.58. The molecule has 0 aliphatic carbocycles. The second kappa shape index (κ2) is 10.9. The first-order valence-electron chi connectivity index (χ1n) is 12.9. The summed E-state index contributed by atoms with van der Waals surface area (Å²) >= 11 is 0. The predicted molar refractivity (Wildman–Crippen MR) is 152 cm³/mol. The highest BCUT2D eigenvalue weighted by Gasteiger charge is 2.42. The monoisotopic (exact) mass is 521 g/mol. The van der Waals surface area contributed by atoms with Crippen molar-refractivity contribution < 1.29 is 13.2 Å². The summed E-state index contributed by atoms with van der Waals surface area (Å²) in [5, 5.41) is 0. The number of benzene rings is 4. The third-order valence-corrected chi connectivity index (χ3v) is 9.07. The number of hydrogen-bond donors (Lipinski definition) is 0. The number of sulfonamides is 1. The van der Waals surface area contributed by atoms with E-state index in [-0.39, 0.29) is 23.1 Å². The minimum Gasteiger partial charge on any atom is -0.289 e. The van der Waals surface area contributed by atoms with Crippen molar-refractivity contribution in [3.8, 4) is 0 Å². The van der Waals surface area contributed by atoms with E-state index in [1.807, 2.05) is 117 Å². The Balaban J connectivity index is 1.74. The third-order valence-electron chi connectivity index (χ3n) is 7.18. The number of ketones is 1. The van der Waals surface area contributed by atoms with Gasteiger partial charge in [-0.3, -0.25) is 4.79 Å². The molecule has 0 aromatic heterocycles. The molecule has 0 bridgehead atoms. The zero-order chi connectivity index (χ0) is 26.7. The van der Waals surface area contributed by atoms with Gasteiger partial charge in [0.15, 0.2) is 5.78 Å². The van der Waals surface area contributed by atoms with E-state index >= 15 is 0 Å². The first-order valence-corrected chi connectivity index (χ1v) is 14.3. The Labute approximate surface area is 225 Å². The Morgan fingerprint density at radius 3 is 1.95 bits per heavy atom. The van der Waals surface area contributed by atoms with Crippen LogP contribution < -0.4 is 0 Å². The van der Waals surface area contributed by atoms with Crippen molar-refractivity contribution >= 4 is 21.4 Å². The number of carbonyl (C=O) groups is 1. The van der Waals surface area contributed by atoms with E-state index < -0.39 is 16.1 Å². The van der Waals surface area contributed by atoms with Gasteiger partial charge in [0.1, 0.15) is 0 Å². The molecular formula is C33H31NO3S. The molecule has 0 amide bonds. The van der Waals surface area contributed by atoms with Gasteiger partial charge < -0.3 is 0 Å². The molecule has 1 heterocycles. The molecule has 0 N–H and O–H groups in total. The first kappa shape index (κ1) is 25.8. The minimum absolute atomic E-state index is 0.0533. The Morgan fingerprint density at radius 1 is 0.789 bits per heavy atom. The first-order chi connectivity index (χ1) is 18.4. The Bertz CT molecular complexity index is 1550. The molecule has 1 aliphatic rings. The maximum Gasteiger partial charge on any atom is 0.243 e. The summed E-state index contributed by atoms with van der Waals surface area (Å²) in [6.07, 6.45) is 0.453. The molecule has 1 aliphatic heterocycles. The van der Waals surface area contributed by atoms with Crippen LogP contribution in [0.4, 0.5) is 0 Å². The molecule has 0 saturated heterocycles. The second-order valence-electron chi connectivity index (χ2n) is 9.88. The van der Waals surface area contributed by atoms with Gasteiger partial charge in [0.2, 0.25) is 10.0 Å². The summed E-state index contributed by atoms with van der Waals surface area (Å²) in [6, 6.07) is 35.3. The van der Waals surface area contributed by atoms with Gasteiger partial charge in [-0.1, -0.05) is 116 Å². The average Bonchev–Trinajstić information content (AvgIpc) is 2.95. The van der Waals surface area contributed by atoms with Crippen LogP contribution in [0.3, 0.4) is 0 Å². The summed E-state index contributed by atoms with van der Waals surface area (Å²) in [5.74, 6) is -0.354. The fraction of sp³-hybridized carbons (Fsp3) is 0.182. The molecule has 0 unspecified atom stereocenters. The van der Waals surface area contributed by atoms with Crippen LogP contribution in [0.2, 0.25) is 0 Å². The Morgan fingerprint density at radius 2 is 1.34 bits per heavy atom. The molecule has 4 nitrogen and oxygen atoms in total. The molecule has 0 radical (unpaired) electrons. The van der Waals surface area contributed by atoms with E-state index in [1.54, 1.807) is 16.4 Å². The molecule has 192 valence electrons. The number of Topliss-reactive ketones (excluding diaryl/α,β-unsaturated/α-hetero) is 1. The van der Waals surface area contributed by atoms with Gasteiger partial charge in [-0.2, -0.15) is 4.31 Å². The van der Waals surface area contributed by atoms with Gasteiger partial charge in [0.05, 0.1) is 10.9 Å². The van der Waals surface area contributed by atoms with E-state index in [4.69, 9.17) is 0 Å². The van der Waals surface area contributed by atoms with Crippen LogP contribution in [-0.4, -0.2) is 31.1 Å². The SMILES string of the molecule is Cc1ccc(S(=O)(=O)N2C[C@H](C)C(C(=O)c3ccccc3)=C(c3ccccc3)[C@@H]2Cc2ccccc2)cc1. The van der Waals surface area contributed by atoms with Crippen molar-refractivity contribution in [2.45, 2.75) is 31.2 Å². The lowest BCUT2D eigenvalue weighted by molar-refractivity contribution is 0.101. The van der Waals surface area contributed by atoms with Crippen molar-refractivity contribution in [2.75, 3.05) is 6.54 Å². The summed E-state index contributed by atoms with van der Waals surface area (Å²) in [5.41, 5.74) is 4.93. The number of nitrogens with zero attached hydrogens (tertiary/aromatic N) is 1. The fourth-order valence-corrected chi connectivity index (χ4v) is 6.97. The van der Waals surface area contributed by atoms with Crippen molar-refractivity contribution in [3.63, 3.8) is 0 Å². The fourth-order valence-electron chi connectivity index (χ4n) is 5.29. The van der Waals surface area contributed by atoms with E-state index in [0.29, 0.717) is 17.6 Å². The zero-order valence-electron chi connectivity index (χ0n) is 21.6. The van der Waals surface area contributed by atoms with Crippen LogP contribution >= 0.6 is 0 Å². The highest BCUT2D eigenvalue weighted by molar-refractivity contribution is 7.89. The minimum atomic E-state index is -3.85. The molecule has 0 saturated carbocycles. The van der Waals surface area contributed by atoms with E-state index in [2.05, 4.69) is 0 Å². The van der Waals surface area contributed by atoms with Crippen LogP contribution in [0.5, 0.6) is 0 Å². The number of carbonyl (C=O) groups excluding carboxylic acids is 1. The van der Waals surface area contributed by atoms with Gasteiger partial charge in [-0.25, -0.2) is 8.42 Å². The van der Waals surface area contributed by atoms with Crippen LogP contribution in [0.15, 0.2) is 126 Å². The Kier molecular flexibility index (Phi) is 7.41. The van der Waals surface area contributed by atoms with Gasteiger partial charge in [-0.05, 0) is 48.1 Å². The van der Waals surface area contributed by atoms with Crippen molar-refractivity contribution in [3.05, 3.63) is 143 Å². The number of aryl methyl sites for hydroxylation is 1. The summed E-state index contributed by atoms with van der Waals surface area (Å²) in [7, 11) is -3.85. The zero-order valence-corrected chi connectivity index (χ0v) is 22.4. The van der Waals surface area contributed by atoms with E-state index in [9.17, 15) is 13.2 Å². The average molecular weight is 522 g/mol. The van der Waals surface area contributed by atoms with E-state index in [0.717, 1.165) is 22.3 Å². The summed E-state index contributed by atoms with van der Waals surface area (Å²) in [6.45, 7) is 4.11. The molecule has 4 aromatic carbocycles. The molecule has 5 rings (SSSR count). The maximum atomic E-state index is 14.2. The lowest BCUT2D eigenvalue weighted by Crippen LogP contribution is -2.49. The van der Waals surface area contributed by atoms with Crippen molar-refractivity contribution in [1.82, 2.24) is 4.31 Å². The summed E-state index contributed by atoms with van der Waals surface area (Å²) < 4.78 is 30.0. The quantitative estimate of drug-likeness (QED) is 0.258. The van der Waals surface area contributed by atoms with Gasteiger partial charge in [0, 0.05) is 17.7 Å². The Hall–Kier alpha value is -3.80. The van der Waals surface area contributed by atoms with Gasteiger partial charge in [-0.15, -0.1) is 0 Å². The maximum absolute atomic E-state index is 14.2. The number of rotatable bonds is 7. The molecule has 0 fully saturated rings. The van der Waals surface area contributed by atoms with Crippen LogP contribution in [0, 0.1) is 12.8 Å². The van der Waals surface area contributed by atoms with Crippen molar-refractivity contribution in [2.24, 2.45) is 5.92 Å². The second-order valence-corrected chi connectivity index (χ2v) is 11.8. The molecule has 38 heavy (non-hydrogen) atoms. The molecule has 2 atom stereocenters. The highest BCUT2D eigenvalue weighted by atomic mass is 32.2. The lowest BCUT2D eigenvalue weighted by atomic mass is 9.78. The molecule has 4 aromatic rings. The van der Waals surface area contributed by atoms with Crippen molar-refractivity contribution in [1.29, 1.82) is 0 Å². The van der Waals surface area contributed by atoms with Gasteiger partial charge in [0.25, 0.3) is 0 Å². The van der Waals surface area contributed by atoms with Crippen LogP contribution in [0.1, 0.15) is 34.0 Å². The molecular weight excluding hydrogens is 490 g/mol. The van der Waals surface area contributed by atoms with E-state index in [1.165, 1.54) is 0 Å². The topological polar surface area (TPSA) is 54.5 Å². The standard InChI is InChI=1S/C33H31NO3S/c1-24-18-20-29(21-19-24)38(36,37)34-23-25(2)31(33(35)28-16-10-5-11-17-28)32(27-14-8-4-9-15-27)30(34)22-26-12-6-3-7-13-26/h3-21,25,30H,22-23H2,1-2H3/t25-,30-/m0/s1. The van der Waals surface area contributed by atoms with Crippen LogP contribution in [-0.2, 0) is 16.4 Å². The van der Waals surface area contributed by atoms with Gasteiger partial charge >= 0.3 is 0 Å². The largest absolute Gasteiger partial charge is 0.289 e. The van der Waals surface area contributed by atoms with Crippen LogP contribution in [0.25, 0.3) is 5.57 Å². The molecule has 0 spiro atoms. The normalized spacial score (nSPS) is 18.4. The third kappa shape index (κ3) is 5.13. The smallest absolute Gasteiger partial charge is 0.243 e. The lowest BCUT2D eigenvalue weighted by Gasteiger charge is -2.41. The highest BCUT2D eigenvalue weighted by Crippen LogP contribution is 2.40. The molecule has 5 heteroatoms. The number of hydrogen-bond acceptors (Lipinski definition) is 3. The summed E-state index contributed by atoms with van der Waals surface area (Å²) in [4.78, 5) is 14.3.